The lowest BCUT2D eigenvalue weighted by Crippen LogP contribution is -2.31. The molecule has 0 saturated carbocycles. The monoisotopic (exact) mass is 582 g/mol. The minimum Gasteiger partial charge on any atom is -0.497 e. The maximum Gasteiger partial charge on any atom is 0.254 e. The molecule has 2 aromatic carbocycles. The van der Waals surface area contributed by atoms with Crippen molar-refractivity contribution in [3.63, 3.8) is 0 Å². The number of rotatable bonds is 12. The average molecular weight is 583 g/mol. The summed E-state index contributed by atoms with van der Waals surface area (Å²) in [6.45, 7) is 7.16. The summed E-state index contributed by atoms with van der Waals surface area (Å²) in [7, 11) is 3.55. The molecule has 0 radical (unpaired) electrons. The number of methoxy groups -OCH3 is 1. The van der Waals surface area contributed by atoms with Gasteiger partial charge in [-0.2, -0.15) is 4.31 Å². The maximum atomic E-state index is 13.3. The number of nitrogens with one attached hydrogen (secondary N) is 1. The fraction of sp³-hybridized carbons (Fsp3) is 0.452. The first-order valence-corrected chi connectivity index (χ1v) is 15.4. The zero-order chi connectivity index (χ0) is 29.7. The molecule has 4 rings (SSSR count). The number of carbonyl (C=O) groups is 1. The van der Waals surface area contributed by atoms with Gasteiger partial charge in [-0.1, -0.05) is 24.3 Å². The van der Waals surface area contributed by atoms with Crippen molar-refractivity contribution in [1.82, 2.24) is 19.4 Å². The second kappa shape index (κ2) is 13.2. The highest BCUT2D eigenvalue weighted by Gasteiger charge is 2.27. The molecule has 1 atom stereocenters. The van der Waals surface area contributed by atoms with Gasteiger partial charge in [-0.05, 0) is 81.2 Å². The van der Waals surface area contributed by atoms with Gasteiger partial charge in [0.1, 0.15) is 17.8 Å². The number of furan rings is 1. The van der Waals surface area contributed by atoms with Crippen LogP contribution < -0.4 is 10.1 Å². The number of benzene rings is 2. The Morgan fingerprint density at radius 1 is 1.07 bits per heavy atom. The molecule has 1 N–H and O–H groups in total. The molecule has 2 heterocycles. The van der Waals surface area contributed by atoms with Crippen LogP contribution in [0.5, 0.6) is 5.75 Å². The number of nitrogens with zero attached hydrogens (tertiary/aromatic N) is 3. The van der Waals surface area contributed by atoms with E-state index in [-0.39, 0.29) is 17.3 Å². The molecule has 1 aliphatic rings. The van der Waals surface area contributed by atoms with Crippen LogP contribution in [0.1, 0.15) is 44.8 Å². The summed E-state index contributed by atoms with van der Waals surface area (Å²) in [6.07, 6.45) is 3.29. The van der Waals surface area contributed by atoms with Crippen molar-refractivity contribution in [3.8, 4) is 5.75 Å². The van der Waals surface area contributed by atoms with Crippen molar-refractivity contribution in [2.45, 2.75) is 50.7 Å². The molecular formula is C31H42N4O5S. The SMILES string of the molecule is COc1cc(C)c(S(=O)(=O)N(C)Cc2cc(C(=O)NCCc3ccc(CN4CC[C@H](N(C)C)C4)cc3)co2)c(C)c1. The Kier molecular flexibility index (Phi) is 9.91. The first kappa shape index (κ1) is 30.8. The Balaban J connectivity index is 1.26. The molecule has 0 unspecified atom stereocenters. The summed E-state index contributed by atoms with van der Waals surface area (Å²) < 4.78 is 38.6. The first-order valence-electron chi connectivity index (χ1n) is 13.9. The molecule has 0 aliphatic carbocycles. The van der Waals surface area contributed by atoms with Crippen molar-refractivity contribution in [2.75, 3.05) is 47.9 Å². The third-order valence-electron chi connectivity index (χ3n) is 7.74. The summed E-state index contributed by atoms with van der Waals surface area (Å²) in [5, 5.41) is 2.93. The van der Waals surface area contributed by atoms with Gasteiger partial charge >= 0.3 is 0 Å². The number of ether oxygens (including phenoxy) is 1. The lowest BCUT2D eigenvalue weighted by atomic mass is 10.1. The zero-order valence-electron chi connectivity index (χ0n) is 24.9. The number of aryl methyl sites for hydroxylation is 2. The van der Waals surface area contributed by atoms with Crippen LogP contribution in [0.2, 0.25) is 0 Å². The summed E-state index contributed by atoms with van der Waals surface area (Å²) in [5.41, 5.74) is 4.03. The molecule has 3 aromatic rings. The average Bonchev–Trinajstić information content (AvgIpc) is 3.59. The van der Waals surface area contributed by atoms with Crippen molar-refractivity contribution < 1.29 is 22.4 Å². The highest BCUT2D eigenvalue weighted by Crippen LogP contribution is 2.28. The molecule has 10 heteroatoms. The standard InChI is InChI=1S/C31H42N4O5S/c1-22-15-28(39-6)16-23(2)30(22)41(37,38)34(5)20-29-17-26(21-40-29)31(36)32-13-11-24-7-9-25(10-8-24)18-35-14-12-27(19-35)33(3)4/h7-10,15-17,21,27H,11-14,18-20H2,1-6H3,(H,32,36)/t27-/m0/s1. The lowest BCUT2D eigenvalue weighted by molar-refractivity contribution is 0.0953. The molecule has 0 spiro atoms. The molecule has 1 aliphatic heterocycles. The van der Waals surface area contributed by atoms with Gasteiger partial charge in [0.25, 0.3) is 5.91 Å². The van der Waals surface area contributed by atoms with Gasteiger partial charge < -0.3 is 19.4 Å². The number of hydrogen-bond donors (Lipinski definition) is 1. The van der Waals surface area contributed by atoms with E-state index in [2.05, 4.69) is 53.5 Å². The Hall–Kier alpha value is -3.18. The van der Waals surface area contributed by atoms with Crippen LogP contribution in [0.4, 0.5) is 0 Å². The number of likely N-dealkylation sites (N-methyl/N-ethyl adjacent to an activating group) is 1. The van der Waals surface area contributed by atoms with Crippen LogP contribution in [0, 0.1) is 13.8 Å². The molecule has 1 saturated heterocycles. The summed E-state index contributed by atoms with van der Waals surface area (Å²) in [4.78, 5) is 17.7. The molecule has 9 nitrogen and oxygen atoms in total. The van der Waals surface area contributed by atoms with Gasteiger partial charge in [-0.25, -0.2) is 8.42 Å². The number of amides is 1. The van der Waals surface area contributed by atoms with Gasteiger partial charge in [-0.15, -0.1) is 0 Å². The van der Waals surface area contributed by atoms with E-state index >= 15 is 0 Å². The summed E-state index contributed by atoms with van der Waals surface area (Å²) in [5.74, 6) is 0.736. The van der Waals surface area contributed by atoms with Gasteiger partial charge in [0.2, 0.25) is 10.0 Å². The molecule has 41 heavy (non-hydrogen) atoms. The van der Waals surface area contributed by atoms with Crippen LogP contribution in [0.3, 0.4) is 0 Å². The van der Waals surface area contributed by atoms with Gasteiger partial charge in [0, 0.05) is 39.3 Å². The van der Waals surface area contributed by atoms with Crippen LogP contribution in [-0.2, 0) is 29.5 Å². The fourth-order valence-electron chi connectivity index (χ4n) is 5.35. The van der Waals surface area contributed by atoms with Gasteiger partial charge in [0.15, 0.2) is 0 Å². The molecule has 1 fully saturated rings. The van der Waals surface area contributed by atoms with E-state index in [0.717, 1.165) is 25.2 Å². The van der Waals surface area contributed by atoms with Crippen molar-refractivity contribution in [1.29, 1.82) is 0 Å². The third-order valence-corrected chi connectivity index (χ3v) is 9.85. The predicted octanol–water partition coefficient (Wildman–Crippen LogP) is 3.83. The third kappa shape index (κ3) is 7.56. The van der Waals surface area contributed by atoms with Crippen LogP contribution in [0.25, 0.3) is 0 Å². The Labute approximate surface area is 244 Å². The van der Waals surface area contributed by atoms with Crippen LogP contribution >= 0.6 is 0 Å². The lowest BCUT2D eigenvalue weighted by Gasteiger charge is -2.20. The van der Waals surface area contributed by atoms with Crippen molar-refractivity contribution in [3.05, 3.63) is 82.3 Å². The second-order valence-corrected chi connectivity index (χ2v) is 13.1. The zero-order valence-corrected chi connectivity index (χ0v) is 25.8. The molecule has 222 valence electrons. The quantitative estimate of drug-likeness (QED) is 0.347. The number of carbonyl (C=O) groups excluding carboxylic acids is 1. The topological polar surface area (TPSA) is 95.3 Å². The summed E-state index contributed by atoms with van der Waals surface area (Å²) in [6, 6.07) is 14.2. The predicted molar refractivity (Wildman–Crippen MR) is 160 cm³/mol. The van der Waals surface area contributed by atoms with Crippen LogP contribution in [0.15, 0.2) is 58.0 Å². The Morgan fingerprint density at radius 2 is 1.73 bits per heavy atom. The van der Waals surface area contributed by atoms with Gasteiger partial charge in [-0.3, -0.25) is 9.69 Å². The number of likely N-dealkylation sites (tertiary alicyclic amines) is 1. The molecule has 1 aromatic heterocycles. The van der Waals surface area contributed by atoms with E-state index in [4.69, 9.17) is 9.15 Å². The minimum absolute atomic E-state index is 0.000100. The number of hydrogen-bond acceptors (Lipinski definition) is 7. The van der Waals surface area contributed by atoms with Gasteiger partial charge in [0.05, 0.1) is 24.1 Å². The number of sulfonamides is 1. The highest BCUT2D eigenvalue weighted by molar-refractivity contribution is 7.89. The van der Waals surface area contributed by atoms with E-state index in [0.29, 0.717) is 47.2 Å². The van der Waals surface area contributed by atoms with Crippen molar-refractivity contribution in [2.24, 2.45) is 0 Å². The first-order chi connectivity index (χ1) is 19.5. The van der Waals surface area contributed by atoms with E-state index in [1.54, 1.807) is 39.2 Å². The molecular weight excluding hydrogens is 540 g/mol. The largest absolute Gasteiger partial charge is 0.497 e. The maximum absolute atomic E-state index is 13.3. The minimum atomic E-state index is -3.78. The van der Waals surface area contributed by atoms with E-state index < -0.39 is 10.0 Å². The Morgan fingerprint density at radius 3 is 2.34 bits per heavy atom. The van der Waals surface area contributed by atoms with E-state index in [1.807, 2.05) is 0 Å². The van der Waals surface area contributed by atoms with Crippen LogP contribution in [-0.4, -0.2) is 82.4 Å². The second-order valence-electron chi connectivity index (χ2n) is 11.1. The molecule has 1 amide bonds. The fourth-order valence-corrected chi connectivity index (χ4v) is 6.89. The summed E-state index contributed by atoms with van der Waals surface area (Å²) >= 11 is 0. The normalized spacial score (nSPS) is 16.0. The molecule has 0 bridgehead atoms. The van der Waals surface area contributed by atoms with E-state index in [9.17, 15) is 13.2 Å². The van der Waals surface area contributed by atoms with E-state index in [1.165, 1.54) is 29.6 Å². The van der Waals surface area contributed by atoms with Crippen molar-refractivity contribution >= 4 is 15.9 Å². The Bertz CT molecular complexity index is 1430. The highest BCUT2D eigenvalue weighted by atomic mass is 32.2. The smallest absolute Gasteiger partial charge is 0.254 e.